The molecule has 0 heterocycles. The van der Waals surface area contributed by atoms with Gasteiger partial charge in [-0.25, -0.2) is 4.39 Å². The van der Waals surface area contributed by atoms with Gasteiger partial charge in [0, 0.05) is 16.6 Å². The SMILES string of the molecule is O=C(Cc1c(Cl)cccc1Cl)NCCc1cccc(F)c1. The second-order valence-corrected chi connectivity index (χ2v) is 5.42. The van der Waals surface area contributed by atoms with Crippen molar-refractivity contribution in [2.75, 3.05) is 6.54 Å². The van der Waals surface area contributed by atoms with Crippen LogP contribution in [0.25, 0.3) is 0 Å². The first-order valence-electron chi connectivity index (χ1n) is 6.50. The van der Waals surface area contributed by atoms with Crippen molar-refractivity contribution in [1.29, 1.82) is 0 Å². The van der Waals surface area contributed by atoms with Crippen molar-refractivity contribution in [2.45, 2.75) is 12.8 Å². The monoisotopic (exact) mass is 325 g/mol. The molecular weight excluding hydrogens is 312 g/mol. The predicted octanol–water partition coefficient (Wildman–Crippen LogP) is 4.03. The molecule has 0 atom stereocenters. The van der Waals surface area contributed by atoms with Crippen LogP contribution in [0.1, 0.15) is 11.1 Å². The van der Waals surface area contributed by atoms with Crippen LogP contribution in [0.3, 0.4) is 0 Å². The zero-order valence-electron chi connectivity index (χ0n) is 11.2. The molecule has 2 aromatic rings. The van der Waals surface area contributed by atoms with Crippen molar-refractivity contribution in [3.63, 3.8) is 0 Å². The minimum absolute atomic E-state index is 0.127. The fourth-order valence-corrected chi connectivity index (χ4v) is 2.49. The van der Waals surface area contributed by atoms with Gasteiger partial charge in [0.15, 0.2) is 0 Å². The predicted molar refractivity (Wildman–Crippen MR) is 83.3 cm³/mol. The van der Waals surface area contributed by atoms with E-state index in [-0.39, 0.29) is 18.1 Å². The lowest BCUT2D eigenvalue weighted by Crippen LogP contribution is -2.27. The van der Waals surface area contributed by atoms with E-state index in [1.165, 1.54) is 12.1 Å². The van der Waals surface area contributed by atoms with Crippen molar-refractivity contribution in [1.82, 2.24) is 5.32 Å². The average Bonchev–Trinajstić information content (AvgIpc) is 2.43. The standard InChI is InChI=1S/C16H14Cl2FNO/c17-14-5-2-6-15(18)13(14)10-16(21)20-8-7-11-3-1-4-12(19)9-11/h1-6,9H,7-8,10H2,(H,20,21). The van der Waals surface area contributed by atoms with Gasteiger partial charge in [-0.1, -0.05) is 41.4 Å². The molecule has 2 rings (SSSR count). The molecule has 0 bridgehead atoms. The Hall–Kier alpha value is -1.58. The summed E-state index contributed by atoms with van der Waals surface area (Å²) in [5.74, 6) is -0.442. The van der Waals surface area contributed by atoms with Gasteiger partial charge in [-0.15, -0.1) is 0 Å². The Labute approximate surface area is 132 Å². The Balaban J connectivity index is 1.85. The number of rotatable bonds is 5. The van der Waals surface area contributed by atoms with Crippen molar-refractivity contribution in [3.8, 4) is 0 Å². The summed E-state index contributed by atoms with van der Waals surface area (Å²) in [5.41, 5.74) is 1.45. The number of hydrogen-bond acceptors (Lipinski definition) is 1. The molecule has 0 saturated heterocycles. The summed E-state index contributed by atoms with van der Waals surface area (Å²) >= 11 is 12.0. The van der Waals surface area contributed by atoms with Gasteiger partial charge in [0.2, 0.25) is 5.91 Å². The van der Waals surface area contributed by atoms with E-state index < -0.39 is 0 Å². The van der Waals surface area contributed by atoms with Gasteiger partial charge < -0.3 is 5.32 Å². The first kappa shape index (κ1) is 15.8. The zero-order chi connectivity index (χ0) is 15.2. The summed E-state index contributed by atoms with van der Waals surface area (Å²) in [6, 6.07) is 11.4. The fraction of sp³-hybridized carbons (Fsp3) is 0.188. The molecule has 2 aromatic carbocycles. The summed E-state index contributed by atoms with van der Waals surface area (Å²) in [6.07, 6.45) is 0.696. The molecule has 0 aliphatic rings. The first-order chi connectivity index (χ1) is 10.1. The number of halogens is 3. The normalized spacial score (nSPS) is 10.4. The number of carbonyl (C=O) groups is 1. The van der Waals surface area contributed by atoms with Crippen molar-refractivity contribution in [3.05, 3.63) is 69.5 Å². The van der Waals surface area contributed by atoms with Crippen LogP contribution in [0.4, 0.5) is 4.39 Å². The highest BCUT2D eigenvalue weighted by molar-refractivity contribution is 6.36. The summed E-state index contributed by atoms with van der Waals surface area (Å²) in [5, 5.41) is 3.72. The Morgan fingerprint density at radius 2 is 1.76 bits per heavy atom. The highest BCUT2D eigenvalue weighted by Crippen LogP contribution is 2.24. The summed E-state index contributed by atoms with van der Waals surface area (Å²) < 4.78 is 13.0. The molecule has 0 aromatic heterocycles. The summed E-state index contributed by atoms with van der Waals surface area (Å²) in [4.78, 5) is 11.9. The number of hydrogen-bond donors (Lipinski definition) is 1. The highest BCUT2D eigenvalue weighted by atomic mass is 35.5. The quantitative estimate of drug-likeness (QED) is 0.883. The van der Waals surface area contributed by atoms with Crippen LogP contribution in [-0.2, 0) is 17.6 Å². The summed E-state index contributed by atoms with van der Waals surface area (Å²) in [7, 11) is 0. The van der Waals surface area contributed by atoms with Crippen molar-refractivity contribution < 1.29 is 9.18 Å². The molecule has 0 radical (unpaired) electrons. The van der Waals surface area contributed by atoms with Crippen LogP contribution in [0.15, 0.2) is 42.5 Å². The van der Waals surface area contributed by atoms with Gasteiger partial charge in [0.25, 0.3) is 0 Å². The second kappa shape index (κ2) is 7.43. The number of amides is 1. The molecule has 0 fully saturated rings. The van der Waals surface area contributed by atoms with Gasteiger partial charge in [-0.2, -0.15) is 0 Å². The van der Waals surface area contributed by atoms with Gasteiger partial charge >= 0.3 is 0 Å². The molecule has 1 amide bonds. The van der Waals surface area contributed by atoms with Crippen LogP contribution >= 0.6 is 23.2 Å². The second-order valence-electron chi connectivity index (χ2n) is 4.61. The molecule has 0 aliphatic carbocycles. The van der Waals surface area contributed by atoms with Gasteiger partial charge in [-0.3, -0.25) is 4.79 Å². The Bertz CT molecular complexity index is 626. The molecule has 0 saturated carbocycles. The third-order valence-corrected chi connectivity index (χ3v) is 3.73. The minimum atomic E-state index is -0.276. The number of nitrogens with one attached hydrogen (secondary N) is 1. The van der Waals surface area contributed by atoms with Crippen LogP contribution in [0, 0.1) is 5.82 Å². The number of benzene rings is 2. The highest BCUT2D eigenvalue weighted by Gasteiger charge is 2.10. The first-order valence-corrected chi connectivity index (χ1v) is 7.26. The third-order valence-electron chi connectivity index (χ3n) is 3.02. The van der Waals surface area contributed by atoms with Crippen LogP contribution < -0.4 is 5.32 Å². The molecular formula is C16H14Cl2FNO. The van der Waals surface area contributed by atoms with E-state index in [0.29, 0.717) is 28.6 Å². The lowest BCUT2D eigenvalue weighted by molar-refractivity contribution is -0.120. The Morgan fingerprint density at radius 1 is 1.10 bits per heavy atom. The molecule has 5 heteroatoms. The Morgan fingerprint density at radius 3 is 2.43 bits per heavy atom. The van der Waals surface area contributed by atoms with Crippen LogP contribution in [0.5, 0.6) is 0 Å². The Kier molecular flexibility index (Phi) is 5.59. The van der Waals surface area contributed by atoms with Crippen molar-refractivity contribution >= 4 is 29.1 Å². The van der Waals surface area contributed by atoms with Gasteiger partial charge in [-0.05, 0) is 41.8 Å². The molecule has 0 unspecified atom stereocenters. The van der Waals surface area contributed by atoms with Crippen molar-refractivity contribution in [2.24, 2.45) is 0 Å². The van der Waals surface area contributed by atoms with E-state index in [1.54, 1.807) is 24.3 Å². The maximum Gasteiger partial charge on any atom is 0.224 e. The van der Waals surface area contributed by atoms with E-state index in [2.05, 4.69) is 5.32 Å². The summed E-state index contributed by atoms with van der Waals surface area (Å²) in [6.45, 7) is 0.435. The molecule has 0 spiro atoms. The van der Waals surface area contributed by atoms with Gasteiger partial charge in [0.05, 0.1) is 6.42 Å². The molecule has 2 nitrogen and oxygen atoms in total. The van der Waals surface area contributed by atoms with E-state index in [0.717, 1.165) is 5.56 Å². The van der Waals surface area contributed by atoms with E-state index >= 15 is 0 Å². The van der Waals surface area contributed by atoms with Crippen LogP contribution in [-0.4, -0.2) is 12.5 Å². The molecule has 110 valence electrons. The third kappa shape index (κ3) is 4.73. The minimum Gasteiger partial charge on any atom is -0.355 e. The number of carbonyl (C=O) groups excluding carboxylic acids is 1. The zero-order valence-corrected chi connectivity index (χ0v) is 12.7. The van der Waals surface area contributed by atoms with E-state index in [4.69, 9.17) is 23.2 Å². The fourth-order valence-electron chi connectivity index (χ4n) is 1.96. The topological polar surface area (TPSA) is 29.1 Å². The van der Waals surface area contributed by atoms with Gasteiger partial charge in [0.1, 0.15) is 5.82 Å². The van der Waals surface area contributed by atoms with Crippen LogP contribution in [0.2, 0.25) is 10.0 Å². The average molecular weight is 326 g/mol. The maximum atomic E-state index is 13.0. The maximum absolute atomic E-state index is 13.0. The molecule has 0 aliphatic heterocycles. The molecule has 1 N–H and O–H groups in total. The smallest absolute Gasteiger partial charge is 0.224 e. The lowest BCUT2D eigenvalue weighted by atomic mass is 10.1. The molecule has 21 heavy (non-hydrogen) atoms. The van der Waals surface area contributed by atoms with E-state index in [9.17, 15) is 9.18 Å². The lowest BCUT2D eigenvalue weighted by Gasteiger charge is -2.08. The largest absolute Gasteiger partial charge is 0.355 e. The van der Waals surface area contributed by atoms with E-state index in [1.807, 2.05) is 6.07 Å².